The summed E-state index contributed by atoms with van der Waals surface area (Å²) in [4.78, 5) is 21.5. The summed E-state index contributed by atoms with van der Waals surface area (Å²) in [7, 11) is 0. The van der Waals surface area contributed by atoms with Gasteiger partial charge in [-0.1, -0.05) is 19.1 Å². The molecule has 24 heavy (non-hydrogen) atoms. The fourth-order valence-corrected chi connectivity index (χ4v) is 2.10. The zero-order valence-electron chi connectivity index (χ0n) is 13.8. The summed E-state index contributed by atoms with van der Waals surface area (Å²) in [6.45, 7) is 7.17. The molecule has 1 aliphatic rings. The highest BCUT2D eigenvalue weighted by molar-refractivity contribution is 5.89. The lowest BCUT2D eigenvalue weighted by Crippen LogP contribution is -2.43. The van der Waals surface area contributed by atoms with Crippen molar-refractivity contribution < 1.29 is 24.5 Å². The van der Waals surface area contributed by atoms with E-state index in [0.29, 0.717) is 12.2 Å². The molecule has 1 aromatic carbocycles. The second-order valence-electron chi connectivity index (χ2n) is 5.06. The first-order valence-electron chi connectivity index (χ1n) is 7.86. The molecule has 1 aliphatic heterocycles. The highest BCUT2D eigenvalue weighted by Gasteiger charge is 2.14. The van der Waals surface area contributed by atoms with E-state index in [1.165, 1.54) is 5.69 Å². The standard InChI is InChI=1S/C13H20N2O.C4H4O4/c1-2-11-16-13-6-4-3-5-12(13)15-9-7-14-8-10-15;5-3(6)1-2-4(7)8/h3-6,14H,2,7-11H2,1H3;1-2H,(H,5,6)(H,7,8)/b;2-1+. The van der Waals surface area contributed by atoms with E-state index >= 15 is 0 Å². The number of para-hydroxylation sites is 2. The summed E-state index contributed by atoms with van der Waals surface area (Å²) >= 11 is 0. The first-order valence-corrected chi connectivity index (χ1v) is 7.86. The zero-order chi connectivity index (χ0) is 17.8. The van der Waals surface area contributed by atoms with Crippen LogP contribution >= 0.6 is 0 Å². The topological polar surface area (TPSA) is 99.1 Å². The van der Waals surface area contributed by atoms with Crippen LogP contribution in [0.5, 0.6) is 5.75 Å². The molecule has 0 spiro atoms. The Labute approximate surface area is 141 Å². The number of benzene rings is 1. The minimum Gasteiger partial charge on any atom is -0.491 e. The normalized spacial score (nSPS) is 14.0. The lowest BCUT2D eigenvalue weighted by molar-refractivity contribution is -0.134. The smallest absolute Gasteiger partial charge is 0.328 e. The van der Waals surface area contributed by atoms with E-state index in [-0.39, 0.29) is 0 Å². The van der Waals surface area contributed by atoms with Crippen LogP contribution in [0.25, 0.3) is 0 Å². The molecular weight excluding hydrogens is 312 g/mol. The fraction of sp³-hybridized carbons (Fsp3) is 0.412. The molecule has 0 radical (unpaired) electrons. The second-order valence-corrected chi connectivity index (χ2v) is 5.06. The first kappa shape index (κ1) is 19.5. The van der Waals surface area contributed by atoms with Crippen LogP contribution in [0.15, 0.2) is 36.4 Å². The molecule has 0 atom stereocenters. The fourth-order valence-electron chi connectivity index (χ4n) is 2.10. The molecule has 3 N–H and O–H groups in total. The highest BCUT2D eigenvalue weighted by Crippen LogP contribution is 2.28. The van der Waals surface area contributed by atoms with Crippen molar-refractivity contribution in [3.63, 3.8) is 0 Å². The van der Waals surface area contributed by atoms with Crippen LogP contribution in [0.2, 0.25) is 0 Å². The Hall–Kier alpha value is -2.54. The summed E-state index contributed by atoms with van der Waals surface area (Å²) in [5, 5.41) is 19.0. The minimum absolute atomic E-state index is 0.558. The molecular formula is C17H24N2O5. The number of anilines is 1. The van der Waals surface area contributed by atoms with Gasteiger partial charge in [0.2, 0.25) is 0 Å². The molecule has 0 unspecified atom stereocenters. The van der Waals surface area contributed by atoms with Crippen molar-refractivity contribution in [1.29, 1.82) is 0 Å². The number of rotatable bonds is 6. The third-order valence-corrected chi connectivity index (χ3v) is 3.15. The summed E-state index contributed by atoms with van der Waals surface area (Å²) < 4.78 is 5.78. The molecule has 7 nitrogen and oxygen atoms in total. The van der Waals surface area contributed by atoms with Gasteiger partial charge in [-0.2, -0.15) is 0 Å². The van der Waals surface area contributed by atoms with Crippen molar-refractivity contribution in [3.05, 3.63) is 36.4 Å². The molecule has 1 aromatic rings. The van der Waals surface area contributed by atoms with E-state index in [0.717, 1.165) is 45.0 Å². The van der Waals surface area contributed by atoms with Gasteiger partial charge in [-0.25, -0.2) is 9.59 Å². The highest BCUT2D eigenvalue weighted by atomic mass is 16.5. The maximum absolute atomic E-state index is 9.55. The molecule has 1 heterocycles. The molecule has 0 aliphatic carbocycles. The van der Waals surface area contributed by atoms with Crippen LogP contribution in [0, 0.1) is 0 Å². The van der Waals surface area contributed by atoms with Crippen LogP contribution in [-0.4, -0.2) is 54.9 Å². The van der Waals surface area contributed by atoms with Gasteiger partial charge in [-0.05, 0) is 18.6 Å². The number of carboxylic acid groups (broad SMARTS) is 2. The number of nitrogens with zero attached hydrogens (tertiary/aromatic N) is 1. The number of aliphatic carboxylic acids is 2. The number of piperazine rings is 1. The van der Waals surface area contributed by atoms with Crippen molar-refractivity contribution in [2.75, 3.05) is 37.7 Å². The molecule has 2 rings (SSSR count). The zero-order valence-corrected chi connectivity index (χ0v) is 13.8. The average Bonchev–Trinajstić information content (AvgIpc) is 2.60. The molecule has 1 fully saturated rings. The number of carbonyl (C=O) groups is 2. The van der Waals surface area contributed by atoms with Gasteiger partial charge in [0.15, 0.2) is 0 Å². The predicted molar refractivity (Wildman–Crippen MR) is 91.7 cm³/mol. The molecule has 0 saturated carbocycles. The average molecular weight is 336 g/mol. The summed E-state index contributed by atoms with van der Waals surface area (Å²) in [6, 6.07) is 8.33. The Balaban J connectivity index is 0.000000307. The van der Waals surface area contributed by atoms with Gasteiger partial charge in [-0.15, -0.1) is 0 Å². The van der Waals surface area contributed by atoms with Gasteiger partial charge < -0.3 is 25.2 Å². The molecule has 0 amide bonds. The quantitative estimate of drug-likeness (QED) is 0.679. The maximum Gasteiger partial charge on any atom is 0.328 e. The third-order valence-electron chi connectivity index (χ3n) is 3.15. The van der Waals surface area contributed by atoms with Crippen molar-refractivity contribution in [2.45, 2.75) is 13.3 Å². The predicted octanol–water partition coefficient (Wildman–Crippen LogP) is 1.60. The molecule has 7 heteroatoms. The van der Waals surface area contributed by atoms with E-state index in [1.807, 2.05) is 6.07 Å². The van der Waals surface area contributed by atoms with Crippen LogP contribution in [0.1, 0.15) is 13.3 Å². The van der Waals surface area contributed by atoms with Crippen molar-refractivity contribution >= 4 is 17.6 Å². The van der Waals surface area contributed by atoms with E-state index in [1.54, 1.807) is 0 Å². The Morgan fingerprint density at radius 2 is 1.75 bits per heavy atom. The maximum atomic E-state index is 9.55. The number of ether oxygens (including phenoxy) is 1. The third kappa shape index (κ3) is 7.64. The largest absolute Gasteiger partial charge is 0.491 e. The van der Waals surface area contributed by atoms with Crippen LogP contribution in [0.3, 0.4) is 0 Å². The van der Waals surface area contributed by atoms with Crippen LogP contribution < -0.4 is 15.0 Å². The van der Waals surface area contributed by atoms with Gasteiger partial charge in [0, 0.05) is 38.3 Å². The van der Waals surface area contributed by atoms with Gasteiger partial charge in [0.05, 0.1) is 12.3 Å². The first-order chi connectivity index (χ1) is 11.5. The second kappa shape index (κ2) is 11.1. The Bertz CT molecular complexity index is 538. The van der Waals surface area contributed by atoms with Crippen molar-refractivity contribution in [3.8, 4) is 5.75 Å². The SMILES string of the molecule is CCCOc1ccccc1N1CCNCC1.O=C(O)/C=C/C(=O)O. The summed E-state index contributed by atoms with van der Waals surface area (Å²) in [6.07, 6.45) is 2.17. The minimum atomic E-state index is -1.26. The number of hydrogen-bond donors (Lipinski definition) is 3. The van der Waals surface area contributed by atoms with Gasteiger partial charge in [0.25, 0.3) is 0 Å². The van der Waals surface area contributed by atoms with Crippen molar-refractivity contribution in [1.82, 2.24) is 5.32 Å². The Kier molecular flexibility index (Phi) is 8.99. The van der Waals surface area contributed by atoms with Crippen LogP contribution in [-0.2, 0) is 9.59 Å². The van der Waals surface area contributed by atoms with Gasteiger partial charge in [-0.3, -0.25) is 0 Å². The number of carboxylic acids is 2. The number of hydrogen-bond acceptors (Lipinski definition) is 5. The monoisotopic (exact) mass is 336 g/mol. The summed E-state index contributed by atoms with van der Waals surface area (Å²) in [5.74, 6) is -1.49. The molecule has 0 aromatic heterocycles. The lowest BCUT2D eigenvalue weighted by atomic mass is 10.2. The molecule has 0 bridgehead atoms. The Morgan fingerprint density at radius 1 is 1.17 bits per heavy atom. The Morgan fingerprint density at radius 3 is 2.29 bits per heavy atom. The molecule has 132 valence electrons. The van der Waals surface area contributed by atoms with E-state index < -0.39 is 11.9 Å². The summed E-state index contributed by atoms with van der Waals surface area (Å²) in [5.41, 5.74) is 1.23. The van der Waals surface area contributed by atoms with Crippen molar-refractivity contribution in [2.24, 2.45) is 0 Å². The number of nitrogens with one attached hydrogen (secondary N) is 1. The molecule has 1 saturated heterocycles. The van der Waals surface area contributed by atoms with Gasteiger partial charge >= 0.3 is 11.9 Å². The van der Waals surface area contributed by atoms with E-state index in [4.69, 9.17) is 14.9 Å². The van der Waals surface area contributed by atoms with E-state index in [2.05, 4.69) is 35.3 Å². The van der Waals surface area contributed by atoms with Crippen LogP contribution in [0.4, 0.5) is 5.69 Å². The lowest BCUT2D eigenvalue weighted by Gasteiger charge is -2.30. The van der Waals surface area contributed by atoms with Gasteiger partial charge in [0.1, 0.15) is 5.75 Å². The van der Waals surface area contributed by atoms with E-state index in [9.17, 15) is 9.59 Å².